The van der Waals surface area contributed by atoms with Crippen molar-refractivity contribution in [3.05, 3.63) is 12.2 Å². The van der Waals surface area contributed by atoms with Crippen molar-refractivity contribution in [1.82, 2.24) is 0 Å². The molecule has 0 rings (SSSR count). The molecule has 0 saturated heterocycles. The van der Waals surface area contributed by atoms with Gasteiger partial charge in [0.1, 0.15) is 0 Å². The minimum absolute atomic E-state index is 0.0972. The number of allylic oxidation sites excluding steroid dienone is 1. The van der Waals surface area contributed by atoms with Crippen LogP contribution in [0.3, 0.4) is 0 Å². The van der Waals surface area contributed by atoms with E-state index < -0.39 is 11.9 Å². The van der Waals surface area contributed by atoms with Crippen LogP contribution in [0.5, 0.6) is 0 Å². The summed E-state index contributed by atoms with van der Waals surface area (Å²) in [5.41, 5.74) is 4.78. The van der Waals surface area contributed by atoms with Crippen molar-refractivity contribution in [2.45, 2.75) is 51.4 Å². The van der Waals surface area contributed by atoms with Gasteiger partial charge in [0.2, 0.25) is 0 Å². The maximum atomic E-state index is 10.2. The van der Waals surface area contributed by atoms with Crippen molar-refractivity contribution in [2.75, 3.05) is 13.2 Å². The Morgan fingerprint density at radius 2 is 1.45 bits per heavy atom. The van der Waals surface area contributed by atoms with Crippen molar-refractivity contribution in [3.8, 4) is 0 Å². The highest BCUT2D eigenvalue weighted by Gasteiger charge is 1.96. The van der Waals surface area contributed by atoms with E-state index in [4.69, 9.17) is 21.1 Å². The normalized spacial score (nSPS) is 10.1. The lowest BCUT2D eigenvalue weighted by molar-refractivity contribution is -0.137. The highest BCUT2D eigenvalue weighted by atomic mass is 16.4. The number of nitrogens with two attached hydrogens (primary N) is 1. The first-order chi connectivity index (χ1) is 9.54. The topological polar surface area (TPSA) is 121 Å². The van der Waals surface area contributed by atoms with Crippen molar-refractivity contribution in [3.63, 3.8) is 0 Å². The molecule has 0 aromatic heterocycles. The van der Waals surface area contributed by atoms with Gasteiger partial charge in [-0.15, -0.1) is 0 Å². The van der Waals surface area contributed by atoms with E-state index in [9.17, 15) is 9.59 Å². The Balaban J connectivity index is 0. The van der Waals surface area contributed by atoms with E-state index in [2.05, 4.69) is 0 Å². The van der Waals surface area contributed by atoms with Crippen LogP contribution in [0.1, 0.15) is 51.4 Å². The molecule has 6 nitrogen and oxygen atoms in total. The van der Waals surface area contributed by atoms with Crippen LogP contribution < -0.4 is 5.73 Å². The fourth-order valence-electron chi connectivity index (χ4n) is 1.43. The number of aliphatic hydroxyl groups is 1. The van der Waals surface area contributed by atoms with Gasteiger partial charge in [-0.2, -0.15) is 0 Å². The summed E-state index contributed by atoms with van der Waals surface area (Å²) in [6, 6.07) is 0. The molecule has 0 spiro atoms. The predicted octanol–water partition coefficient (Wildman–Crippen LogP) is 1.77. The van der Waals surface area contributed by atoms with Gasteiger partial charge in [-0.1, -0.05) is 31.8 Å². The van der Waals surface area contributed by atoms with Gasteiger partial charge >= 0.3 is 11.9 Å². The first-order valence-electron chi connectivity index (χ1n) is 6.96. The molecule has 0 heterocycles. The molecule has 20 heavy (non-hydrogen) atoms. The van der Waals surface area contributed by atoms with Gasteiger partial charge in [0.05, 0.1) is 6.61 Å². The molecule has 0 aliphatic carbocycles. The number of carboxylic acids is 2. The molecule has 6 heteroatoms. The number of unbranched alkanes of at least 4 members (excludes halogenated alkanes) is 6. The highest BCUT2D eigenvalue weighted by Crippen LogP contribution is 2.08. The van der Waals surface area contributed by atoms with Gasteiger partial charge in [0.15, 0.2) is 0 Å². The van der Waals surface area contributed by atoms with Crippen LogP contribution in [0.15, 0.2) is 12.2 Å². The molecule has 0 amide bonds. The van der Waals surface area contributed by atoms with Crippen molar-refractivity contribution in [1.29, 1.82) is 0 Å². The van der Waals surface area contributed by atoms with E-state index in [0.29, 0.717) is 6.54 Å². The SMILES string of the molecule is NCCO.O=C(O)/C=C/CCCCCCCCC(=O)O. The summed E-state index contributed by atoms with van der Waals surface area (Å²) in [7, 11) is 0. The number of aliphatic carboxylic acids is 2. The molecule has 5 N–H and O–H groups in total. The standard InChI is InChI=1S/C12H20O4.C2H7NO/c13-11(14)9-7-5-3-1-2-4-6-8-10-12(15)16;3-1-2-4/h7,9H,1-6,8,10H2,(H,13,14)(H,15,16);4H,1-3H2/b9-7+;. The van der Waals surface area contributed by atoms with Gasteiger partial charge < -0.3 is 21.1 Å². The number of hydrogen-bond acceptors (Lipinski definition) is 4. The minimum Gasteiger partial charge on any atom is -0.481 e. The number of aliphatic hydroxyl groups excluding tert-OH is 1. The van der Waals surface area contributed by atoms with E-state index in [0.717, 1.165) is 44.9 Å². The Labute approximate surface area is 120 Å². The molecule has 0 aliphatic heterocycles. The largest absolute Gasteiger partial charge is 0.481 e. The quantitative estimate of drug-likeness (QED) is 0.340. The van der Waals surface area contributed by atoms with Crippen LogP contribution in [-0.4, -0.2) is 40.4 Å². The van der Waals surface area contributed by atoms with Gasteiger partial charge in [0, 0.05) is 19.0 Å². The molecule has 0 radical (unpaired) electrons. The van der Waals surface area contributed by atoms with Crippen LogP contribution >= 0.6 is 0 Å². The highest BCUT2D eigenvalue weighted by molar-refractivity contribution is 5.79. The monoisotopic (exact) mass is 289 g/mol. The maximum absolute atomic E-state index is 10.2. The number of rotatable bonds is 11. The molecule has 0 fully saturated rings. The fraction of sp³-hybridized carbons (Fsp3) is 0.714. The summed E-state index contributed by atoms with van der Waals surface area (Å²) in [5.74, 6) is -1.62. The smallest absolute Gasteiger partial charge is 0.327 e. The lowest BCUT2D eigenvalue weighted by atomic mass is 10.1. The molecule has 0 aromatic carbocycles. The van der Waals surface area contributed by atoms with Crippen LogP contribution in [-0.2, 0) is 9.59 Å². The van der Waals surface area contributed by atoms with Crippen LogP contribution in [0.4, 0.5) is 0 Å². The fourth-order valence-corrected chi connectivity index (χ4v) is 1.43. The minimum atomic E-state index is -0.895. The number of hydrogen-bond donors (Lipinski definition) is 4. The van der Waals surface area contributed by atoms with E-state index in [1.54, 1.807) is 6.08 Å². The molecule has 0 unspecified atom stereocenters. The predicted molar refractivity (Wildman–Crippen MR) is 77.5 cm³/mol. The van der Waals surface area contributed by atoms with E-state index >= 15 is 0 Å². The summed E-state index contributed by atoms with van der Waals surface area (Å²) in [5, 5.41) is 24.5. The van der Waals surface area contributed by atoms with E-state index in [-0.39, 0.29) is 13.0 Å². The zero-order valence-corrected chi connectivity index (χ0v) is 12.0. The zero-order valence-electron chi connectivity index (χ0n) is 12.0. The molecule has 0 bridgehead atoms. The zero-order chi connectivity index (χ0) is 15.6. The lowest BCUT2D eigenvalue weighted by Gasteiger charge is -1.98. The van der Waals surface area contributed by atoms with Gasteiger partial charge in [-0.25, -0.2) is 4.79 Å². The van der Waals surface area contributed by atoms with Gasteiger partial charge in [-0.05, 0) is 19.3 Å². The summed E-state index contributed by atoms with van der Waals surface area (Å²) < 4.78 is 0. The van der Waals surface area contributed by atoms with Gasteiger partial charge in [0.25, 0.3) is 0 Å². The Morgan fingerprint density at radius 3 is 1.90 bits per heavy atom. The average molecular weight is 289 g/mol. The molecule has 118 valence electrons. The van der Waals surface area contributed by atoms with E-state index in [1.807, 2.05) is 0 Å². The van der Waals surface area contributed by atoms with Crippen molar-refractivity contribution >= 4 is 11.9 Å². The summed E-state index contributed by atoms with van der Waals surface area (Å²) in [6.45, 7) is 0.472. The second-order valence-corrected chi connectivity index (χ2v) is 4.31. The lowest BCUT2D eigenvalue weighted by Crippen LogP contribution is -2.02. The Hall–Kier alpha value is -1.40. The number of carbonyl (C=O) groups is 2. The molecular formula is C14H27NO5. The van der Waals surface area contributed by atoms with E-state index in [1.165, 1.54) is 6.08 Å². The Bertz CT molecular complexity index is 264. The first kappa shape index (κ1) is 20.9. The second kappa shape index (κ2) is 17.6. The average Bonchev–Trinajstić information content (AvgIpc) is 2.40. The number of carboxylic acid groups (broad SMARTS) is 2. The second-order valence-electron chi connectivity index (χ2n) is 4.31. The maximum Gasteiger partial charge on any atom is 0.327 e. The summed E-state index contributed by atoms with van der Waals surface area (Å²) in [6.07, 6.45) is 9.89. The Morgan fingerprint density at radius 1 is 0.950 bits per heavy atom. The van der Waals surface area contributed by atoms with Crippen LogP contribution in [0.2, 0.25) is 0 Å². The third kappa shape index (κ3) is 25.4. The molecular weight excluding hydrogens is 262 g/mol. The van der Waals surface area contributed by atoms with Crippen LogP contribution in [0, 0.1) is 0 Å². The summed E-state index contributed by atoms with van der Waals surface area (Å²) >= 11 is 0. The van der Waals surface area contributed by atoms with Gasteiger partial charge in [-0.3, -0.25) is 4.79 Å². The molecule has 0 aromatic rings. The molecule has 0 atom stereocenters. The molecule has 0 aliphatic rings. The first-order valence-corrected chi connectivity index (χ1v) is 6.96. The summed E-state index contributed by atoms with van der Waals surface area (Å²) in [4.78, 5) is 20.3. The van der Waals surface area contributed by atoms with Crippen molar-refractivity contribution in [2.24, 2.45) is 5.73 Å². The van der Waals surface area contributed by atoms with Crippen molar-refractivity contribution < 1.29 is 24.9 Å². The Kier molecular flexibility index (Phi) is 18.4. The molecule has 0 saturated carbocycles. The third-order valence-electron chi connectivity index (χ3n) is 2.40. The third-order valence-corrected chi connectivity index (χ3v) is 2.40. The van der Waals surface area contributed by atoms with Crippen LogP contribution in [0.25, 0.3) is 0 Å².